The minimum Gasteiger partial charge on any atom is -0.299 e. The van der Waals surface area contributed by atoms with E-state index in [1.807, 2.05) is 54.4 Å². The number of benzene rings is 2. The lowest BCUT2D eigenvalue weighted by Crippen LogP contribution is -2.54. The second kappa shape index (κ2) is 9.61. The molecular weight excluding hydrogens is 448 g/mol. The average Bonchev–Trinajstić information content (AvgIpc) is 2.73. The molecule has 0 aliphatic carbocycles. The standard InChI is InChI=1S/C22H25BrN4OS/c1-16(18-8-10-20(23)11-9-18)24-25-21(29)26-27-14-12-22(13-15-27,17(2)28)19-6-4-3-5-7-19/h3-11H,12-15H2,1-2H3,(H2,25,26,29)/b24-16+. The third-order valence-corrected chi connectivity index (χ3v) is 6.18. The van der Waals surface area contributed by atoms with Gasteiger partial charge in [-0.05, 0) is 62.2 Å². The molecule has 0 spiro atoms. The number of nitrogens with one attached hydrogen (secondary N) is 2. The second-order valence-corrected chi connectivity index (χ2v) is 8.57. The number of hydrogen-bond acceptors (Lipinski definition) is 4. The first-order valence-electron chi connectivity index (χ1n) is 9.59. The van der Waals surface area contributed by atoms with E-state index in [1.165, 1.54) is 0 Å². The van der Waals surface area contributed by atoms with Crippen molar-refractivity contribution in [2.24, 2.45) is 5.10 Å². The van der Waals surface area contributed by atoms with Crippen LogP contribution in [0.2, 0.25) is 0 Å². The second-order valence-electron chi connectivity index (χ2n) is 7.25. The molecule has 1 aliphatic heterocycles. The molecule has 1 fully saturated rings. The highest BCUT2D eigenvalue weighted by Gasteiger charge is 2.40. The average molecular weight is 473 g/mol. The Balaban J connectivity index is 1.56. The van der Waals surface area contributed by atoms with E-state index in [2.05, 4.69) is 44.0 Å². The predicted octanol–water partition coefficient (Wildman–Crippen LogP) is 4.18. The molecule has 0 unspecified atom stereocenters. The Morgan fingerprint density at radius 3 is 2.28 bits per heavy atom. The van der Waals surface area contributed by atoms with Gasteiger partial charge in [-0.1, -0.05) is 58.4 Å². The Morgan fingerprint density at radius 1 is 1.07 bits per heavy atom. The normalized spacial score (nSPS) is 16.9. The van der Waals surface area contributed by atoms with Crippen molar-refractivity contribution in [3.63, 3.8) is 0 Å². The lowest BCUT2D eigenvalue weighted by atomic mass is 9.70. The molecule has 0 bridgehead atoms. The number of carbonyl (C=O) groups is 1. The summed E-state index contributed by atoms with van der Waals surface area (Å²) in [5.74, 6) is 0.221. The zero-order chi connectivity index (χ0) is 20.9. The van der Waals surface area contributed by atoms with Gasteiger partial charge in [-0.2, -0.15) is 5.10 Å². The number of piperidine rings is 1. The summed E-state index contributed by atoms with van der Waals surface area (Å²) in [6, 6.07) is 18.0. The van der Waals surface area contributed by atoms with E-state index < -0.39 is 5.41 Å². The topological polar surface area (TPSA) is 56.7 Å². The van der Waals surface area contributed by atoms with Crippen LogP contribution in [0.15, 0.2) is 64.2 Å². The zero-order valence-corrected chi connectivity index (χ0v) is 19.0. The summed E-state index contributed by atoms with van der Waals surface area (Å²) >= 11 is 8.81. The van der Waals surface area contributed by atoms with E-state index >= 15 is 0 Å². The van der Waals surface area contributed by atoms with Gasteiger partial charge in [0.1, 0.15) is 5.78 Å². The van der Waals surface area contributed by atoms with E-state index in [1.54, 1.807) is 6.92 Å². The van der Waals surface area contributed by atoms with Crippen LogP contribution < -0.4 is 10.9 Å². The number of carbonyl (C=O) groups excluding carboxylic acids is 1. The van der Waals surface area contributed by atoms with Crippen LogP contribution in [0.5, 0.6) is 0 Å². The number of thiocarbonyl (C=S) groups is 1. The third kappa shape index (κ3) is 5.29. The SMILES string of the molecule is CC(=O)C1(c2ccccc2)CCN(NC(=S)N/N=C(\C)c2ccc(Br)cc2)CC1. The van der Waals surface area contributed by atoms with Gasteiger partial charge in [-0.15, -0.1) is 0 Å². The van der Waals surface area contributed by atoms with Gasteiger partial charge in [0.25, 0.3) is 0 Å². The molecule has 1 aliphatic rings. The quantitative estimate of drug-likeness (QED) is 0.388. The molecule has 2 aromatic rings. The smallest absolute Gasteiger partial charge is 0.201 e. The summed E-state index contributed by atoms with van der Waals surface area (Å²) in [4.78, 5) is 12.5. The minimum atomic E-state index is -0.412. The number of hydrazone groups is 1. The maximum Gasteiger partial charge on any atom is 0.201 e. The van der Waals surface area contributed by atoms with E-state index in [0.717, 1.165) is 47.2 Å². The lowest BCUT2D eigenvalue weighted by molar-refractivity contribution is -0.124. The van der Waals surface area contributed by atoms with Crippen molar-refractivity contribution in [3.8, 4) is 0 Å². The van der Waals surface area contributed by atoms with Gasteiger partial charge in [0.2, 0.25) is 5.11 Å². The Hall–Kier alpha value is -2.09. The van der Waals surface area contributed by atoms with Crippen LogP contribution in [0.4, 0.5) is 0 Å². The van der Waals surface area contributed by atoms with Crippen LogP contribution in [-0.4, -0.2) is 34.7 Å². The van der Waals surface area contributed by atoms with Gasteiger partial charge in [-0.3, -0.25) is 15.6 Å². The van der Waals surface area contributed by atoms with E-state index in [-0.39, 0.29) is 5.78 Å². The molecule has 0 radical (unpaired) electrons. The largest absolute Gasteiger partial charge is 0.299 e. The number of hydrazine groups is 1. The number of halogens is 1. The monoisotopic (exact) mass is 472 g/mol. The van der Waals surface area contributed by atoms with Crippen molar-refractivity contribution in [2.45, 2.75) is 32.1 Å². The Kier molecular flexibility index (Phi) is 7.16. The number of Topliss-reactive ketones (excluding diaryl/α,β-unsaturated/α-hetero) is 1. The van der Waals surface area contributed by atoms with Crippen LogP contribution in [0.25, 0.3) is 0 Å². The van der Waals surface area contributed by atoms with E-state index in [9.17, 15) is 4.79 Å². The summed E-state index contributed by atoms with van der Waals surface area (Å²) in [6.07, 6.45) is 1.51. The highest BCUT2D eigenvalue weighted by molar-refractivity contribution is 9.10. The highest BCUT2D eigenvalue weighted by Crippen LogP contribution is 2.36. The molecule has 0 aromatic heterocycles. The van der Waals surface area contributed by atoms with Gasteiger partial charge in [0.15, 0.2) is 0 Å². The molecule has 1 heterocycles. The molecule has 7 heteroatoms. The molecule has 5 nitrogen and oxygen atoms in total. The van der Waals surface area contributed by atoms with Crippen molar-refractivity contribution < 1.29 is 4.79 Å². The van der Waals surface area contributed by atoms with Crippen LogP contribution in [-0.2, 0) is 10.2 Å². The van der Waals surface area contributed by atoms with Crippen LogP contribution in [0, 0.1) is 0 Å². The summed E-state index contributed by atoms with van der Waals surface area (Å²) in [5.41, 5.74) is 8.66. The molecule has 3 rings (SSSR count). The summed E-state index contributed by atoms with van der Waals surface area (Å²) in [5, 5.41) is 6.85. The van der Waals surface area contributed by atoms with Crippen molar-refractivity contribution in [1.82, 2.24) is 15.9 Å². The molecule has 29 heavy (non-hydrogen) atoms. The summed E-state index contributed by atoms with van der Waals surface area (Å²) in [7, 11) is 0. The van der Waals surface area contributed by atoms with Crippen molar-refractivity contribution in [2.75, 3.05) is 13.1 Å². The number of rotatable bonds is 5. The van der Waals surface area contributed by atoms with Gasteiger partial charge >= 0.3 is 0 Å². The van der Waals surface area contributed by atoms with Crippen molar-refractivity contribution in [1.29, 1.82) is 0 Å². The zero-order valence-electron chi connectivity index (χ0n) is 16.6. The highest BCUT2D eigenvalue weighted by atomic mass is 79.9. The van der Waals surface area contributed by atoms with Crippen LogP contribution in [0.1, 0.15) is 37.8 Å². The number of hydrogen-bond donors (Lipinski definition) is 2. The first kappa shape index (κ1) is 21.6. The minimum absolute atomic E-state index is 0.221. The molecule has 1 saturated heterocycles. The fourth-order valence-electron chi connectivity index (χ4n) is 3.66. The van der Waals surface area contributed by atoms with Crippen LogP contribution >= 0.6 is 28.1 Å². The molecule has 2 aromatic carbocycles. The van der Waals surface area contributed by atoms with Gasteiger partial charge < -0.3 is 0 Å². The number of nitrogens with zero attached hydrogens (tertiary/aromatic N) is 2. The maximum absolute atomic E-state index is 12.5. The predicted molar refractivity (Wildman–Crippen MR) is 125 cm³/mol. The van der Waals surface area contributed by atoms with Crippen molar-refractivity contribution in [3.05, 3.63) is 70.2 Å². The molecule has 0 saturated carbocycles. The molecule has 0 atom stereocenters. The fraction of sp³-hybridized carbons (Fsp3) is 0.318. The Bertz CT molecular complexity index is 891. The lowest BCUT2D eigenvalue weighted by Gasteiger charge is -2.40. The molecule has 0 amide bonds. The maximum atomic E-state index is 12.5. The Morgan fingerprint density at radius 2 is 1.69 bits per heavy atom. The molecular formula is C22H25BrN4OS. The van der Waals surface area contributed by atoms with Gasteiger partial charge in [0, 0.05) is 17.6 Å². The number of ketones is 1. The summed E-state index contributed by atoms with van der Waals surface area (Å²) in [6.45, 7) is 5.08. The third-order valence-electron chi connectivity index (χ3n) is 5.46. The van der Waals surface area contributed by atoms with Gasteiger partial charge in [-0.25, -0.2) is 5.01 Å². The first-order chi connectivity index (χ1) is 13.9. The molecule has 2 N–H and O–H groups in total. The van der Waals surface area contributed by atoms with Crippen molar-refractivity contribution >= 4 is 44.8 Å². The van der Waals surface area contributed by atoms with E-state index in [4.69, 9.17) is 12.2 Å². The Labute approximate surface area is 185 Å². The van der Waals surface area contributed by atoms with Gasteiger partial charge in [0.05, 0.1) is 11.1 Å². The molecule has 152 valence electrons. The van der Waals surface area contributed by atoms with E-state index in [0.29, 0.717) is 5.11 Å². The van der Waals surface area contributed by atoms with Crippen LogP contribution in [0.3, 0.4) is 0 Å². The fourth-order valence-corrected chi connectivity index (χ4v) is 4.10. The first-order valence-corrected chi connectivity index (χ1v) is 10.8. The summed E-state index contributed by atoms with van der Waals surface area (Å²) < 4.78 is 1.03.